The molecule has 27 heavy (non-hydrogen) atoms. The molecule has 4 nitrogen and oxygen atoms in total. The van der Waals surface area contributed by atoms with Crippen molar-refractivity contribution in [2.24, 2.45) is 11.8 Å². The molecule has 3 rings (SSSR count). The zero-order valence-electron chi connectivity index (χ0n) is 16.1. The van der Waals surface area contributed by atoms with Crippen LogP contribution in [0.3, 0.4) is 0 Å². The molecule has 142 valence electrons. The van der Waals surface area contributed by atoms with Gasteiger partial charge in [0.15, 0.2) is 6.29 Å². The van der Waals surface area contributed by atoms with Crippen molar-refractivity contribution in [3.8, 4) is 0 Å². The predicted molar refractivity (Wildman–Crippen MR) is 105 cm³/mol. The van der Waals surface area contributed by atoms with Crippen LogP contribution in [0.1, 0.15) is 24.0 Å². The summed E-state index contributed by atoms with van der Waals surface area (Å²) in [5.74, 6) is -0.572. The van der Waals surface area contributed by atoms with Gasteiger partial charge in [-0.25, -0.2) is 0 Å². The lowest BCUT2D eigenvalue weighted by molar-refractivity contribution is -0.165. The molecule has 0 aliphatic heterocycles. The minimum Gasteiger partial charge on any atom is -0.469 e. The molecule has 4 heteroatoms. The summed E-state index contributed by atoms with van der Waals surface area (Å²) in [6.45, 7) is 0. The second kappa shape index (κ2) is 8.98. The number of carbonyl (C=O) groups excluding carboxylic acids is 1. The van der Waals surface area contributed by atoms with E-state index < -0.39 is 6.29 Å². The Morgan fingerprint density at radius 3 is 1.81 bits per heavy atom. The molecule has 0 heterocycles. The lowest BCUT2D eigenvalue weighted by atomic mass is 9.91. The van der Waals surface area contributed by atoms with Crippen molar-refractivity contribution in [2.75, 3.05) is 21.3 Å². The van der Waals surface area contributed by atoms with Gasteiger partial charge in [-0.2, -0.15) is 0 Å². The second-order valence-corrected chi connectivity index (χ2v) is 6.75. The second-order valence-electron chi connectivity index (χ2n) is 6.75. The van der Waals surface area contributed by atoms with Crippen molar-refractivity contribution in [2.45, 2.75) is 19.1 Å². The third-order valence-electron chi connectivity index (χ3n) is 5.26. The summed E-state index contributed by atoms with van der Waals surface area (Å²) in [6.07, 6.45) is 0.921. The highest BCUT2D eigenvalue weighted by Crippen LogP contribution is 2.44. The van der Waals surface area contributed by atoms with Crippen LogP contribution in [0.5, 0.6) is 0 Å². The molecular formula is C23H26O4. The number of rotatable bonds is 6. The summed E-state index contributed by atoms with van der Waals surface area (Å²) in [6, 6.07) is 20.6. The van der Waals surface area contributed by atoms with E-state index in [-0.39, 0.29) is 17.8 Å². The fourth-order valence-corrected chi connectivity index (χ4v) is 4.06. The van der Waals surface area contributed by atoms with Crippen molar-refractivity contribution in [1.29, 1.82) is 0 Å². The third-order valence-corrected chi connectivity index (χ3v) is 5.26. The first-order valence-electron chi connectivity index (χ1n) is 9.15. The quantitative estimate of drug-likeness (QED) is 0.565. The van der Waals surface area contributed by atoms with Crippen molar-refractivity contribution >= 4 is 11.5 Å². The van der Waals surface area contributed by atoms with E-state index in [0.29, 0.717) is 6.42 Å². The van der Waals surface area contributed by atoms with Crippen LogP contribution in [0.2, 0.25) is 0 Å². The van der Waals surface area contributed by atoms with Gasteiger partial charge in [0.1, 0.15) is 0 Å². The van der Waals surface area contributed by atoms with E-state index in [1.165, 1.54) is 18.3 Å². The van der Waals surface area contributed by atoms with Gasteiger partial charge in [-0.3, -0.25) is 4.79 Å². The molecule has 0 bridgehead atoms. The van der Waals surface area contributed by atoms with Gasteiger partial charge >= 0.3 is 5.97 Å². The van der Waals surface area contributed by atoms with Crippen molar-refractivity contribution in [3.63, 3.8) is 0 Å². The number of esters is 1. The topological polar surface area (TPSA) is 44.8 Å². The lowest BCUT2D eigenvalue weighted by Crippen LogP contribution is -2.32. The molecule has 1 aliphatic carbocycles. The van der Waals surface area contributed by atoms with E-state index in [1.54, 1.807) is 14.2 Å². The molecule has 1 fully saturated rings. The smallest absolute Gasteiger partial charge is 0.309 e. The number of ether oxygens (including phenoxy) is 3. The van der Waals surface area contributed by atoms with Crippen LogP contribution in [-0.4, -0.2) is 33.6 Å². The van der Waals surface area contributed by atoms with E-state index in [9.17, 15) is 4.79 Å². The maximum Gasteiger partial charge on any atom is 0.309 e. The maximum atomic E-state index is 12.4. The molecule has 0 radical (unpaired) electrons. The van der Waals surface area contributed by atoms with E-state index in [1.807, 2.05) is 36.4 Å². The molecule has 2 atom stereocenters. The van der Waals surface area contributed by atoms with Gasteiger partial charge in [-0.15, -0.1) is 0 Å². The van der Waals surface area contributed by atoms with Gasteiger partial charge in [0.2, 0.25) is 0 Å². The molecule has 2 aromatic carbocycles. The van der Waals surface area contributed by atoms with Crippen molar-refractivity contribution in [3.05, 3.63) is 77.4 Å². The fraction of sp³-hybridized carbons (Fsp3) is 0.348. The van der Waals surface area contributed by atoms with E-state index >= 15 is 0 Å². The minimum atomic E-state index is -0.445. The standard InChI is InChI=1S/C23H26O4/c1-25-22(24)19-14-18(15-20(19)23(26-2)27-3)21(16-10-6-4-7-11-16)17-12-8-5-9-13-17/h4-13,19-20,23H,14-15H2,1-3H3. The SMILES string of the molecule is COC(=O)C1CC(=C(c2ccccc2)c2ccccc2)CC1C(OC)OC. The Morgan fingerprint density at radius 2 is 1.37 bits per heavy atom. The Kier molecular flexibility index (Phi) is 6.43. The molecule has 0 saturated heterocycles. The first-order chi connectivity index (χ1) is 13.2. The monoisotopic (exact) mass is 366 g/mol. The Bertz CT molecular complexity index is 737. The molecule has 2 aromatic rings. The van der Waals surface area contributed by atoms with Crippen LogP contribution in [0.4, 0.5) is 0 Å². The van der Waals surface area contributed by atoms with Gasteiger partial charge in [-0.1, -0.05) is 66.2 Å². The van der Waals surface area contributed by atoms with Crippen molar-refractivity contribution in [1.82, 2.24) is 0 Å². The normalized spacial score (nSPS) is 19.3. The van der Waals surface area contributed by atoms with E-state index in [2.05, 4.69) is 24.3 Å². The molecular weight excluding hydrogens is 340 g/mol. The van der Waals surface area contributed by atoms with Crippen LogP contribution >= 0.6 is 0 Å². The number of methoxy groups -OCH3 is 3. The Balaban J connectivity index is 2.10. The molecule has 1 aliphatic rings. The number of benzene rings is 2. The highest BCUT2D eigenvalue weighted by atomic mass is 16.7. The van der Waals surface area contributed by atoms with E-state index in [0.717, 1.165) is 17.5 Å². The molecule has 2 unspecified atom stereocenters. The van der Waals surface area contributed by atoms with Crippen LogP contribution in [0.25, 0.3) is 5.57 Å². The van der Waals surface area contributed by atoms with Gasteiger partial charge in [0, 0.05) is 20.1 Å². The summed E-state index contributed by atoms with van der Waals surface area (Å²) >= 11 is 0. The molecule has 0 aromatic heterocycles. The summed E-state index contributed by atoms with van der Waals surface area (Å²) in [7, 11) is 4.66. The van der Waals surface area contributed by atoms with Crippen LogP contribution in [-0.2, 0) is 19.0 Å². The summed E-state index contributed by atoms with van der Waals surface area (Å²) < 4.78 is 16.1. The molecule has 1 saturated carbocycles. The van der Waals surface area contributed by atoms with Crippen LogP contribution in [0, 0.1) is 11.8 Å². The average molecular weight is 366 g/mol. The minimum absolute atomic E-state index is 0.0788. The summed E-state index contributed by atoms with van der Waals surface area (Å²) in [5.41, 5.74) is 4.70. The highest BCUT2D eigenvalue weighted by Gasteiger charge is 2.42. The van der Waals surface area contributed by atoms with Gasteiger partial charge in [0.05, 0.1) is 13.0 Å². The van der Waals surface area contributed by atoms with Crippen molar-refractivity contribution < 1.29 is 19.0 Å². The first-order valence-corrected chi connectivity index (χ1v) is 9.15. The van der Waals surface area contributed by atoms with Gasteiger partial charge < -0.3 is 14.2 Å². The average Bonchev–Trinajstić information content (AvgIpc) is 3.15. The summed E-state index contributed by atoms with van der Waals surface area (Å²) in [5, 5.41) is 0. The highest BCUT2D eigenvalue weighted by molar-refractivity contribution is 5.84. The Hall–Kier alpha value is -2.43. The van der Waals surface area contributed by atoms with Gasteiger partial charge in [-0.05, 0) is 29.5 Å². The number of allylic oxidation sites excluding steroid dienone is 1. The number of hydrogen-bond acceptors (Lipinski definition) is 4. The van der Waals surface area contributed by atoms with E-state index in [4.69, 9.17) is 14.2 Å². The lowest BCUT2D eigenvalue weighted by Gasteiger charge is -2.24. The Labute approximate surface area is 160 Å². The van der Waals surface area contributed by atoms with Crippen LogP contribution < -0.4 is 0 Å². The summed E-state index contributed by atoms with van der Waals surface area (Å²) in [4.78, 5) is 12.4. The fourth-order valence-electron chi connectivity index (χ4n) is 4.06. The van der Waals surface area contributed by atoms with Crippen LogP contribution in [0.15, 0.2) is 66.2 Å². The zero-order chi connectivity index (χ0) is 19.2. The number of carbonyl (C=O) groups is 1. The first kappa shape index (κ1) is 19.3. The largest absolute Gasteiger partial charge is 0.469 e. The zero-order valence-corrected chi connectivity index (χ0v) is 16.1. The predicted octanol–water partition coefficient (Wildman–Crippen LogP) is 4.31. The molecule has 0 N–H and O–H groups in total. The maximum absolute atomic E-state index is 12.4. The molecule has 0 spiro atoms. The number of hydrogen-bond donors (Lipinski definition) is 0. The third kappa shape index (κ3) is 4.12. The molecule has 0 amide bonds. The Morgan fingerprint density at radius 1 is 0.852 bits per heavy atom. The van der Waals surface area contributed by atoms with Gasteiger partial charge in [0.25, 0.3) is 0 Å².